The van der Waals surface area contributed by atoms with Gasteiger partial charge in [-0.15, -0.1) is 0 Å². The van der Waals surface area contributed by atoms with Crippen molar-refractivity contribution in [3.63, 3.8) is 0 Å². The van der Waals surface area contributed by atoms with Gasteiger partial charge in [0, 0.05) is 51.2 Å². The Labute approximate surface area is 447 Å². The number of rotatable bonds is 18. The second-order valence-corrected chi connectivity index (χ2v) is 20.2. The van der Waals surface area contributed by atoms with Gasteiger partial charge in [0.05, 0.1) is 0 Å². The second kappa shape index (κ2) is 23.2. The van der Waals surface area contributed by atoms with Crippen LogP contribution in [0.5, 0.6) is 0 Å². The lowest BCUT2D eigenvalue weighted by Crippen LogP contribution is -2.10. The van der Waals surface area contributed by atoms with Gasteiger partial charge in [0.1, 0.15) is 0 Å². The fraction of sp³-hybridized carbons (Fsp3) is 0.167. The zero-order chi connectivity index (χ0) is 51.7. The Kier molecular flexibility index (Phi) is 15.5. The van der Waals surface area contributed by atoms with Gasteiger partial charge in [0.25, 0.3) is 0 Å². The molecule has 0 N–H and O–H groups in total. The molecule has 0 aromatic heterocycles. The predicted molar refractivity (Wildman–Crippen MR) is 323 cm³/mol. The van der Waals surface area contributed by atoms with Crippen LogP contribution in [0, 0.1) is 20.8 Å². The number of hydrogen-bond donors (Lipinski definition) is 0. The molecule has 0 aliphatic heterocycles. The number of benzene rings is 10. The maximum Gasteiger partial charge on any atom is 0.0464 e. The van der Waals surface area contributed by atoms with Gasteiger partial charge in [-0.3, -0.25) is 0 Å². The first kappa shape index (κ1) is 50.1. The van der Waals surface area contributed by atoms with Crippen LogP contribution in [-0.2, 0) is 19.3 Å². The fourth-order valence-electron chi connectivity index (χ4n) is 10.6. The molecule has 0 atom stereocenters. The molecule has 0 heterocycles. The summed E-state index contributed by atoms with van der Waals surface area (Å²) in [4.78, 5) is 7.17. The average molecular weight is 976 g/mol. The highest BCUT2D eigenvalue weighted by Crippen LogP contribution is 2.42. The molecule has 0 aliphatic rings. The molecule has 0 spiro atoms. The van der Waals surface area contributed by atoms with Gasteiger partial charge >= 0.3 is 0 Å². The number of nitrogens with zero attached hydrogens (tertiary/aromatic N) is 3. The van der Waals surface area contributed by atoms with E-state index in [2.05, 4.69) is 293 Å². The molecule has 10 aromatic rings. The van der Waals surface area contributed by atoms with Crippen molar-refractivity contribution in [3.05, 3.63) is 270 Å². The van der Waals surface area contributed by atoms with Gasteiger partial charge < -0.3 is 14.7 Å². The summed E-state index contributed by atoms with van der Waals surface area (Å²) in [5, 5.41) is 0. The summed E-state index contributed by atoms with van der Waals surface area (Å²) in [6, 6.07) is 88.1. The van der Waals surface area contributed by atoms with Crippen LogP contribution in [0.15, 0.2) is 237 Å². The summed E-state index contributed by atoms with van der Waals surface area (Å²) in [5.41, 5.74) is 25.0. The molecule has 0 amide bonds. The Hall–Kier alpha value is -8.40. The van der Waals surface area contributed by atoms with Gasteiger partial charge in [0.2, 0.25) is 0 Å². The maximum atomic E-state index is 2.39. The molecule has 10 aromatic carbocycles. The van der Waals surface area contributed by atoms with Gasteiger partial charge in [-0.2, -0.15) is 0 Å². The molecule has 0 unspecified atom stereocenters. The lowest BCUT2D eigenvalue weighted by molar-refractivity contribution is 0.921. The molecule has 0 saturated carbocycles. The zero-order valence-corrected chi connectivity index (χ0v) is 44.6. The van der Waals surface area contributed by atoms with Crippen LogP contribution in [-0.4, -0.2) is 0 Å². The number of anilines is 9. The zero-order valence-electron chi connectivity index (χ0n) is 44.6. The summed E-state index contributed by atoms with van der Waals surface area (Å²) in [7, 11) is 0. The Morgan fingerprint density at radius 2 is 0.467 bits per heavy atom. The van der Waals surface area contributed by atoms with E-state index >= 15 is 0 Å². The van der Waals surface area contributed by atoms with Gasteiger partial charge in [-0.25, -0.2) is 0 Å². The smallest absolute Gasteiger partial charge is 0.0464 e. The van der Waals surface area contributed by atoms with E-state index in [9.17, 15) is 0 Å². The highest BCUT2D eigenvalue weighted by atomic mass is 15.2. The van der Waals surface area contributed by atoms with E-state index in [1.807, 2.05) is 0 Å². The van der Waals surface area contributed by atoms with Crippen LogP contribution in [0.25, 0.3) is 33.4 Å². The Bertz CT molecular complexity index is 3130. The Balaban J connectivity index is 1.07. The molecule has 0 saturated heterocycles. The highest BCUT2D eigenvalue weighted by molar-refractivity contribution is 5.86. The van der Waals surface area contributed by atoms with E-state index in [4.69, 9.17) is 0 Å². The highest BCUT2D eigenvalue weighted by Gasteiger charge is 2.18. The lowest BCUT2D eigenvalue weighted by atomic mass is 9.93. The first-order chi connectivity index (χ1) is 36.7. The minimum absolute atomic E-state index is 1.05. The maximum absolute atomic E-state index is 2.39. The Morgan fingerprint density at radius 1 is 0.227 bits per heavy atom. The van der Waals surface area contributed by atoms with Crippen molar-refractivity contribution < 1.29 is 0 Å². The van der Waals surface area contributed by atoms with E-state index in [1.165, 1.54) is 50.4 Å². The lowest BCUT2D eigenvalue weighted by Gasteiger charge is -2.27. The van der Waals surface area contributed by atoms with Crippen LogP contribution in [0.1, 0.15) is 73.4 Å². The molecule has 0 radical (unpaired) electrons. The topological polar surface area (TPSA) is 9.72 Å². The quantitative estimate of drug-likeness (QED) is 0.0848. The Morgan fingerprint density at radius 3 is 0.707 bits per heavy atom. The van der Waals surface area contributed by atoms with E-state index < -0.39 is 0 Å². The molecule has 0 fully saturated rings. The van der Waals surface area contributed by atoms with E-state index in [0.717, 1.165) is 106 Å². The third kappa shape index (κ3) is 11.7. The van der Waals surface area contributed by atoms with E-state index in [-0.39, 0.29) is 0 Å². The standard InChI is InChI=1S/C72H69N3/c1-7-16-55-22-13-28-70(46-55)73(67-25-10-19-52(4)43-67)64-37-31-58(32-38-64)61-49-62(59-33-39-65(40-34-59)74(68-26-11-20-53(5)44-68)71-29-14-23-56(47-71)17-8-2)51-63(50-61)60-35-41-66(42-36-60)75(69-27-12-21-54(6)45-69)72-30-15-24-57(48-72)18-9-3/h10-15,19-51H,7-9,16-18H2,1-6H3. The van der Waals surface area contributed by atoms with Crippen molar-refractivity contribution in [2.45, 2.75) is 80.1 Å². The van der Waals surface area contributed by atoms with Crippen LogP contribution in [0.3, 0.4) is 0 Å². The molecular weight excluding hydrogens is 907 g/mol. The fourth-order valence-corrected chi connectivity index (χ4v) is 10.6. The van der Waals surface area contributed by atoms with Crippen LogP contribution in [0.2, 0.25) is 0 Å². The summed E-state index contributed by atoms with van der Waals surface area (Å²) in [6.07, 6.45) is 6.47. The van der Waals surface area contributed by atoms with Gasteiger partial charge in [0.15, 0.2) is 0 Å². The van der Waals surface area contributed by atoms with Crippen molar-refractivity contribution >= 4 is 51.2 Å². The molecule has 75 heavy (non-hydrogen) atoms. The summed E-state index contributed by atoms with van der Waals surface area (Å²) in [5.74, 6) is 0. The number of hydrogen-bond acceptors (Lipinski definition) is 3. The van der Waals surface area contributed by atoms with Crippen molar-refractivity contribution in [1.82, 2.24) is 0 Å². The third-order valence-electron chi connectivity index (χ3n) is 14.2. The first-order valence-electron chi connectivity index (χ1n) is 27.1. The summed E-state index contributed by atoms with van der Waals surface area (Å²) >= 11 is 0. The van der Waals surface area contributed by atoms with Crippen molar-refractivity contribution in [2.75, 3.05) is 14.7 Å². The van der Waals surface area contributed by atoms with Gasteiger partial charge in [-0.05, 0) is 234 Å². The van der Waals surface area contributed by atoms with Gasteiger partial charge in [-0.1, -0.05) is 149 Å². The van der Waals surface area contributed by atoms with Crippen LogP contribution in [0.4, 0.5) is 51.2 Å². The third-order valence-corrected chi connectivity index (χ3v) is 14.2. The van der Waals surface area contributed by atoms with Crippen molar-refractivity contribution in [1.29, 1.82) is 0 Å². The van der Waals surface area contributed by atoms with Crippen molar-refractivity contribution in [2.24, 2.45) is 0 Å². The SMILES string of the molecule is CCCc1cccc(N(c2ccc(-c3cc(-c4ccc(N(c5cccc(C)c5)c5cccc(CCC)c5)cc4)cc(-c4ccc(N(c5cccc(C)c5)c5cccc(CCC)c5)cc4)c3)cc2)c2cccc(C)c2)c1. The second-order valence-electron chi connectivity index (χ2n) is 20.2. The molecule has 0 bridgehead atoms. The molecule has 0 aliphatic carbocycles. The molecule has 3 heteroatoms. The average Bonchev–Trinajstić information content (AvgIpc) is 3.42. The van der Waals surface area contributed by atoms with Crippen molar-refractivity contribution in [3.8, 4) is 33.4 Å². The summed E-state index contributed by atoms with van der Waals surface area (Å²) in [6.45, 7) is 13.3. The molecule has 3 nitrogen and oxygen atoms in total. The molecule has 10 rings (SSSR count). The largest absolute Gasteiger partial charge is 0.310 e. The monoisotopic (exact) mass is 976 g/mol. The minimum Gasteiger partial charge on any atom is -0.310 e. The molecular formula is C72H69N3. The van der Waals surface area contributed by atoms with E-state index in [1.54, 1.807) is 0 Å². The van der Waals surface area contributed by atoms with E-state index in [0.29, 0.717) is 0 Å². The normalized spacial score (nSPS) is 11.1. The minimum atomic E-state index is 1.05. The first-order valence-corrected chi connectivity index (χ1v) is 27.1. The number of aryl methyl sites for hydroxylation is 6. The molecule has 372 valence electrons. The predicted octanol–water partition coefficient (Wildman–Crippen LogP) is 20.9. The summed E-state index contributed by atoms with van der Waals surface area (Å²) < 4.78 is 0. The van der Waals surface area contributed by atoms with Crippen LogP contribution >= 0.6 is 0 Å². The van der Waals surface area contributed by atoms with Crippen LogP contribution < -0.4 is 14.7 Å².